The van der Waals surface area contributed by atoms with Gasteiger partial charge in [0.15, 0.2) is 0 Å². The molecule has 8 nitrogen and oxygen atoms in total. The summed E-state index contributed by atoms with van der Waals surface area (Å²) in [4.78, 5) is 25.4. The van der Waals surface area contributed by atoms with Crippen LogP contribution in [0.25, 0.3) is 10.9 Å². The van der Waals surface area contributed by atoms with Gasteiger partial charge in [-0.05, 0) is 64.0 Å². The number of rotatable bonds is 5. The van der Waals surface area contributed by atoms with Crippen molar-refractivity contribution in [3.63, 3.8) is 0 Å². The summed E-state index contributed by atoms with van der Waals surface area (Å²) in [7, 11) is 0. The SMILES string of the molecule is CC1CC(Nc2cc3ncccc3c(NC3C[C@H]4CC[C@@H](C3)N4C(=O)C3(C)CCCC3)n2)NN1. The molecule has 34 heavy (non-hydrogen) atoms. The Morgan fingerprint density at radius 3 is 2.59 bits per heavy atom. The number of pyridine rings is 2. The maximum Gasteiger partial charge on any atom is 0.229 e. The van der Waals surface area contributed by atoms with Gasteiger partial charge in [-0.2, -0.15) is 0 Å². The number of fused-ring (bicyclic) bond motifs is 3. The molecule has 5 heterocycles. The van der Waals surface area contributed by atoms with Gasteiger partial charge in [-0.1, -0.05) is 19.8 Å². The van der Waals surface area contributed by atoms with Crippen molar-refractivity contribution in [2.75, 3.05) is 10.6 Å². The van der Waals surface area contributed by atoms with E-state index in [0.717, 1.165) is 67.5 Å². The molecular weight excluding hydrogens is 426 g/mol. The molecule has 182 valence electrons. The Morgan fingerprint density at radius 2 is 1.88 bits per heavy atom. The first-order valence-corrected chi connectivity index (χ1v) is 13.1. The molecule has 3 saturated heterocycles. The monoisotopic (exact) mass is 463 g/mol. The van der Waals surface area contributed by atoms with Gasteiger partial charge < -0.3 is 15.5 Å². The van der Waals surface area contributed by atoms with E-state index < -0.39 is 0 Å². The first-order chi connectivity index (χ1) is 16.5. The molecule has 1 amide bonds. The summed E-state index contributed by atoms with van der Waals surface area (Å²) < 4.78 is 0. The lowest BCUT2D eigenvalue weighted by Crippen LogP contribution is -2.53. The molecule has 2 bridgehead atoms. The largest absolute Gasteiger partial charge is 0.367 e. The Labute approximate surface area is 201 Å². The highest BCUT2D eigenvalue weighted by Gasteiger charge is 2.49. The van der Waals surface area contributed by atoms with Crippen molar-refractivity contribution in [2.45, 2.75) is 102 Å². The van der Waals surface area contributed by atoms with Gasteiger partial charge in [0.25, 0.3) is 0 Å². The Hall–Kier alpha value is -2.45. The van der Waals surface area contributed by atoms with Crippen molar-refractivity contribution < 1.29 is 4.79 Å². The van der Waals surface area contributed by atoms with Crippen molar-refractivity contribution in [1.29, 1.82) is 0 Å². The number of hydrogen-bond donors (Lipinski definition) is 4. The van der Waals surface area contributed by atoms with E-state index in [9.17, 15) is 4.79 Å². The van der Waals surface area contributed by atoms with E-state index in [1.165, 1.54) is 12.8 Å². The van der Waals surface area contributed by atoms with E-state index in [2.05, 4.69) is 51.3 Å². The van der Waals surface area contributed by atoms with Crippen molar-refractivity contribution in [3.8, 4) is 0 Å². The molecule has 3 aliphatic heterocycles. The van der Waals surface area contributed by atoms with E-state index >= 15 is 0 Å². The van der Waals surface area contributed by atoms with Crippen LogP contribution in [0.1, 0.15) is 71.6 Å². The lowest BCUT2D eigenvalue weighted by atomic mass is 9.85. The van der Waals surface area contributed by atoms with E-state index in [0.29, 0.717) is 30.1 Å². The van der Waals surface area contributed by atoms with Crippen LogP contribution < -0.4 is 21.5 Å². The van der Waals surface area contributed by atoms with Gasteiger partial charge in [-0.25, -0.2) is 10.4 Å². The summed E-state index contributed by atoms with van der Waals surface area (Å²) in [5.74, 6) is 2.13. The molecule has 8 heteroatoms. The summed E-state index contributed by atoms with van der Waals surface area (Å²) in [6.45, 7) is 4.36. The summed E-state index contributed by atoms with van der Waals surface area (Å²) in [5.41, 5.74) is 7.34. The van der Waals surface area contributed by atoms with E-state index in [-0.39, 0.29) is 11.6 Å². The molecule has 2 aromatic heterocycles. The summed E-state index contributed by atoms with van der Waals surface area (Å²) in [5, 5.41) is 8.33. The number of aromatic nitrogens is 2. The maximum absolute atomic E-state index is 13.5. The Morgan fingerprint density at radius 1 is 1.12 bits per heavy atom. The normalized spacial score (nSPS) is 32.3. The topological polar surface area (TPSA) is 94.2 Å². The third-order valence-corrected chi connectivity index (χ3v) is 8.55. The summed E-state index contributed by atoms with van der Waals surface area (Å²) in [6.07, 6.45) is 11.7. The summed E-state index contributed by atoms with van der Waals surface area (Å²) >= 11 is 0. The van der Waals surface area contributed by atoms with Crippen molar-refractivity contribution in [1.82, 2.24) is 25.7 Å². The Kier molecular flexibility index (Phi) is 5.60. The fourth-order valence-electron chi connectivity index (χ4n) is 6.75. The second-order valence-electron chi connectivity index (χ2n) is 11.2. The quantitative estimate of drug-likeness (QED) is 0.536. The van der Waals surface area contributed by atoms with Crippen LogP contribution in [0.3, 0.4) is 0 Å². The number of piperidine rings is 1. The first-order valence-electron chi connectivity index (χ1n) is 13.1. The van der Waals surface area contributed by atoms with Crippen molar-refractivity contribution in [3.05, 3.63) is 24.4 Å². The molecule has 5 atom stereocenters. The van der Waals surface area contributed by atoms with Gasteiger partial charge in [0.1, 0.15) is 11.6 Å². The molecule has 3 unspecified atom stereocenters. The average molecular weight is 464 g/mol. The standard InChI is InChI=1S/C26H37N7O/c1-16-12-23(32-31-16)29-22-15-21-20(6-5-11-27-21)24(30-22)28-17-13-18-7-8-19(14-17)33(18)25(34)26(2)9-3-4-10-26/h5-6,11,15-19,23,31-32H,3-4,7-10,12-14H2,1-2H3,(H2,28,29,30)/t16?,17?,18-,19+,23?. The minimum atomic E-state index is -0.134. The van der Waals surface area contributed by atoms with E-state index in [1.54, 1.807) is 0 Å². The van der Waals surface area contributed by atoms with Gasteiger partial charge in [0, 0.05) is 47.2 Å². The number of hydrazine groups is 1. The molecule has 4 fully saturated rings. The molecule has 4 N–H and O–H groups in total. The minimum Gasteiger partial charge on any atom is -0.367 e. The predicted molar refractivity (Wildman–Crippen MR) is 134 cm³/mol. The number of anilines is 2. The van der Waals surface area contributed by atoms with Gasteiger partial charge in [0.2, 0.25) is 5.91 Å². The molecule has 1 aliphatic carbocycles. The highest BCUT2D eigenvalue weighted by molar-refractivity contribution is 5.91. The molecule has 0 radical (unpaired) electrons. The molecular formula is C26H37N7O. The van der Waals surface area contributed by atoms with E-state index in [1.807, 2.05) is 18.3 Å². The molecule has 0 aromatic carbocycles. The number of carbonyl (C=O) groups excluding carboxylic acids is 1. The molecule has 6 rings (SSSR count). The Balaban J connectivity index is 1.20. The zero-order chi connectivity index (χ0) is 23.3. The number of nitrogens with one attached hydrogen (secondary N) is 4. The van der Waals surface area contributed by atoms with E-state index in [4.69, 9.17) is 4.98 Å². The first kappa shape index (κ1) is 22.0. The molecule has 4 aliphatic rings. The summed E-state index contributed by atoms with van der Waals surface area (Å²) in [6, 6.07) is 7.52. The van der Waals surface area contributed by atoms with Crippen LogP contribution in [0.15, 0.2) is 24.4 Å². The fraction of sp³-hybridized carbons (Fsp3) is 0.654. The lowest BCUT2D eigenvalue weighted by molar-refractivity contribution is -0.145. The molecule has 2 aromatic rings. The van der Waals surface area contributed by atoms with Gasteiger partial charge >= 0.3 is 0 Å². The van der Waals surface area contributed by atoms with Crippen LogP contribution >= 0.6 is 0 Å². The molecule has 1 saturated carbocycles. The predicted octanol–water partition coefficient (Wildman–Crippen LogP) is 3.77. The number of hydrogen-bond acceptors (Lipinski definition) is 7. The van der Waals surface area contributed by atoms with Gasteiger partial charge in [-0.15, -0.1) is 0 Å². The highest BCUT2D eigenvalue weighted by Crippen LogP contribution is 2.45. The minimum absolute atomic E-state index is 0.134. The zero-order valence-electron chi connectivity index (χ0n) is 20.3. The maximum atomic E-state index is 13.5. The van der Waals surface area contributed by atoms with Crippen LogP contribution in [0.2, 0.25) is 0 Å². The highest BCUT2D eigenvalue weighted by atomic mass is 16.2. The van der Waals surface area contributed by atoms with Crippen molar-refractivity contribution >= 4 is 28.4 Å². The van der Waals surface area contributed by atoms with Gasteiger partial charge in [-0.3, -0.25) is 15.2 Å². The van der Waals surface area contributed by atoms with Crippen LogP contribution in [-0.4, -0.2) is 51.1 Å². The average Bonchev–Trinajstić information content (AvgIpc) is 3.52. The van der Waals surface area contributed by atoms with Gasteiger partial charge in [0.05, 0.1) is 11.7 Å². The van der Waals surface area contributed by atoms with Crippen molar-refractivity contribution in [2.24, 2.45) is 5.41 Å². The smallest absolute Gasteiger partial charge is 0.229 e. The third kappa shape index (κ3) is 4.01. The second kappa shape index (κ2) is 8.64. The third-order valence-electron chi connectivity index (χ3n) is 8.55. The van der Waals surface area contributed by atoms with Crippen LogP contribution in [-0.2, 0) is 4.79 Å². The Bertz CT molecular complexity index is 1050. The number of nitrogens with zero attached hydrogens (tertiary/aromatic N) is 3. The zero-order valence-corrected chi connectivity index (χ0v) is 20.3. The number of amides is 1. The van der Waals surface area contributed by atoms with Crippen LogP contribution in [0.5, 0.6) is 0 Å². The molecule has 0 spiro atoms. The fourth-order valence-corrected chi connectivity index (χ4v) is 6.75. The van der Waals surface area contributed by atoms with Crippen LogP contribution in [0.4, 0.5) is 11.6 Å². The lowest BCUT2D eigenvalue weighted by Gasteiger charge is -2.43. The second-order valence-corrected chi connectivity index (χ2v) is 11.2. The number of carbonyl (C=O) groups is 1. The van der Waals surface area contributed by atoms with Crippen LogP contribution in [0, 0.1) is 5.41 Å².